The van der Waals surface area contributed by atoms with Crippen LogP contribution in [0.5, 0.6) is 0 Å². The highest BCUT2D eigenvalue weighted by molar-refractivity contribution is 7.85. The first-order chi connectivity index (χ1) is 17.8. The van der Waals surface area contributed by atoms with E-state index in [2.05, 4.69) is 30.8 Å². The molecule has 0 aliphatic carbocycles. The molecule has 194 valence electrons. The number of carbonyl (C=O) groups is 2. The normalized spacial score (nSPS) is 11.4. The van der Waals surface area contributed by atoms with Gasteiger partial charge in [-0.1, -0.05) is 31.0 Å². The fourth-order valence-corrected chi connectivity index (χ4v) is 4.07. The van der Waals surface area contributed by atoms with Crippen molar-refractivity contribution in [2.24, 2.45) is 10.2 Å². The fraction of sp³-hybridized carbons (Fsp3) is 0.280. The lowest BCUT2D eigenvalue weighted by molar-refractivity contribution is 0.0943. The summed E-state index contributed by atoms with van der Waals surface area (Å²) in [6.07, 6.45) is 8.05. The number of unbranched alkanes of at least 4 members (excludes halogenated alkanes) is 3. The Hall–Kier alpha value is -4.03. The van der Waals surface area contributed by atoms with Crippen molar-refractivity contribution in [1.82, 2.24) is 20.6 Å². The predicted octanol–water partition coefficient (Wildman–Crippen LogP) is 3.73. The fourth-order valence-electron chi connectivity index (χ4n) is 3.36. The van der Waals surface area contributed by atoms with Gasteiger partial charge in [-0.05, 0) is 48.7 Å². The van der Waals surface area contributed by atoms with Gasteiger partial charge in [0.2, 0.25) is 0 Å². The Morgan fingerprint density at radius 2 is 1.51 bits per heavy atom. The van der Waals surface area contributed by atoms with Gasteiger partial charge in [-0.3, -0.25) is 19.1 Å². The van der Waals surface area contributed by atoms with E-state index in [1.165, 1.54) is 36.7 Å². The quantitative estimate of drug-likeness (QED) is 0.174. The summed E-state index contributed by atoms with van der Waals surface area (Å²) in [5.41, 5.74) is 1.23. The summed E-state index contributed by atoms with van der Waals surface area (Å²) in [5, 5.41) is 13.6. The number of pyridine rings is 2. The molecule has 0 unspecified atom stereocenters. The third-order valence-corrected chi connectivity index (χ3v) is 6.23. The topological polar surface area (TPSA) is 163 Å². The molecule has 2 aromatic heterocycles. The molecule has 37 heavy (non-hydrogen) atoms. The molecule has 3 aromatic rings. The van der Waals surface area contributed by atoms with Crippen LogP contribution in [0, 0.1) is 0 Å². The SMILES string of the molecule is O=C(NCCCCCCNC(=O)c1ccc(N=NCc2ccccc2S(=O)(=O)O)nc1)c1cccnc1. The zero-order valence-corrected chi connectivity index (χ0v) is 20.9. The third kappa shape index (κ3) is 9.17. The van der Waals surface area contributed by atoms with Gasteiger partial charge in [-0.15, -0.1) is 5.11 Å². The number of aromatic nitrogens is 2. The molecule has 3 N–H and O–H groups in total. The molecule has 0 fully saturated rings. The predicted molar refractivity (Wildman–Crippen MR) is 136 cm³/mol. The molecule has 0 atom stereocenters. The van der Waals surface area contributed by atoms with E-state index in [1.54, 1.807) is 30.5 Å². The van der Waals surface area contributed by atoms with Crippen molar-refractivity contribution in [1.29, 1.82) is 0 Å². The lowest BCUT2D eigenvalue weighted by Gasteiger charge is -2.06. The number of carbonyl (C=O) groups excluding carboxylic acids is 2. The van der Waals surface area contributed by atoms with Crippen molar-refractivity contribution in [2.45, 2.75) is 37.1 Å². The first kappa shape index (κ1) is 27.6. The maximum Gasteiger partial charge on any atom is 0.294 e. The van der Waals surface area contributed by atoms with Crippen LogP contribution in [0.15, 0.2) is 82.2 Å². The Morgan fingerprint density at radius 3 is 2.11 bits per heavy atom. The highest BCUT2D eigenvalue weighted by atomic mass is 32.2. The number of nitrogens with one attached hydrogen (secondary N) is 2. The van der Waals surface area contributed by atoms with Crippen molar-refractivity contribution in [3.05, 3.63) is 83.8 Å². The van der Waals surface area contributed by atoms with E-state index >= 15 is 0 Å². The Labute approximate surface area is 215 Å². The largest absolute Gasteiger partial charge is 0.352 e. The van der Waals surface area contributed by atoms with Gasteiger partial charge in [0, 0.05) is 31.7 Å². The Balaban J connectivity index is 1.32. The van der Waals surface area contributed by atoms with Crippen molar-refractivity contribution in [3.63, 3.8) is 0 Å². The number of hydrogen-bond acceptors (Lipinski definition) is 8. The Bertz CT molecular complexity index is 1310. The summed E-state index contributed by atoms with van der Waals surface area (Å²) in [5.74, 6) is -0.123. The molecule has 0 spiro atoms. The lowest BCUT2D eigenvalue weighted by atomic mass is 10.2. The van der Waals surface area contributed by atoms with Crippen LogP contribution in [-0.4, -0.2) is 47.8 Å². The Morgan fingerprint density at radius 1 is 0.838 bits per heavy atom. The van der Waals surface area contributed by atoms with Crippen LogP contribution in [0.1, 0.15) is 52.0 Å². The molecule has 0 radical (unpaired) electrons. The van der Waals surface area contributed by atoms with Gasteiger partial charge in [-0.25, -0.2) is 4.98 Å². The van der Waals surface area contributed by atoms with Crippen LogP contribution in [0.4, 0.5) is 5.82 Å². The molecule has 0 aliphatic rings. The van der Waals surface area contributed by atoms with Crippen LogP contribution >= 0.6 is 0 Å². The van der Waals surface area contributed by atoms with Gasteiger partial charge in [0.1, 0.15) is 0 Å². The van der Waals surface area contributed by atoms with Gasteiger partial charge in [0.25, 0.3) is 21.9 Å². The maximum absolute atomic E-state index is 12.3. The second-order valence-electron chi connectivity index (χ2n) is 8.06. The van der Waals surface area contributed by atoms with Crippen molar-refractivity contribution in [2.75, 3.05) is 13.1 Å². The van der Waals surface area contributed by atoms with E-state index < -0.39 is 10.1 Å². The standard InChI is InChI=1S/C25H28N6O5S/c32-24(20-9-7-13-26-16-20)27-14-5-1-2-6-15-28-25(33)21-11-12-23(29-17-21)31-30-18-19-8-3-4-10-22(19)37(34,35)36/h3-4,7-13,16-17H,1-2,5-6,14-15,18H2,(H,27,32)(H,28,33)(H,34,35,36). The number of rotatable bonds is 13. The van der Waals surface area contributed by atoms with Crippen LogP contribution in [0.3, 0.4) is 0 Å². The molecule has 11 nitrogen and oxygen atoms in total. The first-order valence-electron chi connectivity index (χ1n) is 11.7. The summed E-state index contributed by atoms with van der Waals surface area (Å²) < 4.78 is 32.1. The van der Waals surface area contributed by atoms with Gasteiger partial charge >= 0.3 is 0 Å². The molecule has 2 heterocycles. The highest BCUT2D eigenvalue weighted by Gasteiger charge is 2.14. The second kappa shape index (κ2) is 13.9. The van der Waals surface area contributed by atoms with Crippen molar-refractivity contribution in [3.8, 4) is 0 Å². The summed E-state index contributed by atoms with van der Waals surface area (Å²) in [6, 6.07) is 12.5. The van der Waals surface area contributed by atoms with Gasteiger partial charge in [-0.2, -0.15) is 13.5 Å². The van der Waals surface area contributed by atoms with Crippen LogP contribution in [0.25, 0.3) is 0 Å². The van der Waals surface area contributed by atoms with E-state index in [9.17, 15) is 22.6 Å². The molecule has 1 aromatic carbocycles. The van der Waals surface area contributed by atoms with Crippen LogP contribution < -0.4 is 10.6 Å². The summed E-state index contributed by atoms with van der Waals surface area (Å²) in [6.45, 7) is 1.05. The zero-order valence-electron chi connectivity index (χ0n) is 20.1. The number of azo groups is 1. The van der Waals surface area contributed by atoms with Gasteiger partial charge in [0.05, 0.1) is 22.6 Å². The van der Waals surface area contributed by atoms with Crippen LogP contribution in [-0.2, 0) is 16.7 Å². The molecule has 3 rings (SSSR count). The third-order valence-electron chi connectivity index (χ3n) is 5.27. The minimum atomic E-state index is -4.35. The van der Waals surface area contributed by atoms with Gasteiger partial charge < -0.3 is 10.6 Å². The van der Waals surface area contributed by atoms with Gasteiger partial charge in [0.15, 0.2) is 5.82 Å². The summed E-state index contributed by atoms with van der Waals surface area (Å²) in [4.78, 5) is 32.0. The molecular weight excluding hydrogens is 496 g/mol. The number of nitrogens with zero attached hydrogens (tertiary/aromatic N) is 4. The molecule has 0 saturated carbocycles. The zero-order chi connectivity index (χ0) is 26.5. The monoisotopic (exact) mass is 524 g/mol. The van der Waals surface area contributed by atoms with E-state index in [1.807, 2.05) is 0 Å². The minimum absolute atomic E-state index is 0.0588. The number of benzene rings is 1. The highest BCUT2D eigenvalue weighted by Crippen LogP contribution is 2.17. The number of amides is 2. The molecule has 0 bridgehead atoms. The smallest absolute Gasteiger partial charge is 0.294 e. The Kier molecular flexibility index (Phi) is 10.4. The van der Waals surface area contributed by atoms with E-state index in [-0.39, 0.29) is 29.1 Å². The second-order valence-corrected chi connectivity index (χ2v) is 9.45. The van der Waals surface area contributed by atoms with E-state index in [4.69, 9.17) is 0 Å². The molecule has 12 heteroatoms. The maximum atomic E-state index is 12.3. The molecule has 0 saturated heterocycles. The average Bonchev–Trinajstić information content (AvgIpc) is 2.90. The van der Waals surface area contributed by atoms with Crippen molar-refractivity contribution >= 4 is 27.8 Å². The molecule has 0 aliphatic heterocycles. The van der Waals surface area contributed by atoms with E-state index in [0.29, 0.717) is 29.8 Å². The summed E-state index contributed by atoms with van der Waals surface area (Å²) in [7, 11) is -4.35. The molecular formula is C25H28N6O5S. The lowest BCUT2D eigenvalue weighted by Crippen LogP contribution is -2.25. The van der Waals surface area contributed by atoms with Crippen molar-refractivity contribution < 1.29 is 22.6 Å². The average molecular weight is 525 g/mol. The summed E-state index contributed by atoms with van der Waals surface area (Å²) >= 11 is 0. The van der Waals surface area contributed by atoms with Crippen LogP contribution in [0.2, 0.25) is 0 Å². The first-order valence-corrected chi connectivity index (χ1v) is 13.1. The van der Waals surface area contributed by atoms with E-state index in [0.717, 1.165) is 25.7 Å². The minimum Gasteiger partial charge on any atom is -0.352 e. The molecule has 2 amide bonds. The number of hydrogen-bond donors (Lipinski definition) is 3.